The first-order valence-electron chi connectivity index (χ1n) is 6.26. The van der Waals surface area contributed by atoms with Crippen LogP contribution in [0.15, 0.2) is 62.9 Å². The molecule has 0 aliphatic heterocycles. The van der Waals surface area contributed by atoms with Gasteiger partial charge in [-0.15, -0.1) is 0 Å². The lowest BCUT2D eigenvalue weighted by atomic mass is 10.2. The van der Waals surface area contributed by atoms with Crippen molar-refractivity contribution in [1.29, 1.82) is 5.26 Å². The summed E-state index contributed by atoms with van der Waals surface area (Å²) < 4.78 is 5.72. The zero-order valence-electron chi connectivity index (χ0n) is 11.1. The van der Waals surface area contributed by atoms with Crippen molar-refractivity contribution < 1.29 is 4.42 Å². The van der Waals surface area contributed by atoms with E-state index in [1.807, 2.05) is 30.3 Å². The molecule has 0 aliphatic rings. The Morgan fingerprint density at radius 1 is 1.05 bits per heavy atom. The van der Waals surface area contributed by atoms with Crippen LogP contribution in [0.5, 0.6) is 0 Å². The van der Waals surface area contributed by atoms with Crippen LogP contribution in [-0.2, 0) is 0 Å². The highest BCUT2D eigenvalue weighted by Crippen LogP contribution is 2.36. The summed E-state index contributed by atoms with van der Waals surface area (Å²) >= 11 is 13.3. The van der Waals surface area contributed by atoms with Crippen LogP contribution in [0.25, 0.3) is 11.5 Å². The fourth-order valence-corrected chi connectivity index (χ4v) is 2.94. The Labute approximate surface area is 141 Å². The predicted molar refractivity (Wildman–Crippen MR) is 87.2 cm³/mol. The molecule has 108 valence electrons. The third-order valence-electron chi connectivity index (χ3n) is 2.83. The molecule has 0 saturated heterocycles. The van der Waals surface area contributed by atoms with E-state index in [0.29, 0.717) is 26.6 Å². The quantitative estimate of drug-likeness (QED) is 0.612. The molecule has 22 heavy (non-hydrogen) atoms. The third-order valence-corrected chi connectivity index (χ3v) is 4.38. The molecule has 0 atom stereocenters. The second-order valence-corrected chi connectivity index (χ2v) is 6.19. The van der Waals surface area contributed by atoms with Crippen molar-refractivity contribution in [3.05, 3.63) is 64.3 Å². The molecule has 0 aliphatic carbocycles. The molecule has 0 spiro atoms. The van der Waals surface area contributed by atoms with Crippen LogP contribution >= 0.6 is 35.0 Å². The lowest BCUT2D eigenvalue weighted by Crippen LogP contribution is -1.80. The van der Waals surface area contributed by atoms with Gasteiger partial charge < -0.3 is 4.42 Å². The van der Waals surface area contributed by atoms with E-state index < -0.39 is 0 Å². The Bertz CT molecular complexity index is 853. The second-order valence-electron chi connectivity index (χ2n) is 4.30. The maximum atomic E-state index is 9.23. The van der Waals surface area contributed by atoms with Crippen molar-refractivity contribution in [3.8, 4) is 17.5 Å². The van der Waals surface area contributed by atoms with Crippen LogP contribution in [0.4, 0.5) is 0 Å². The Morgan fingerprint density at radius 3 is 2.45 bits per heavy atom. The maximum Gasteiger partial charge on any atom is 0.230 e. The monoisotopic (exact) mass is 346 g/mol. The molecule has 0 radical (unpaired) electrons. The molecular weight excluding hydrogens is 339 g/mol. The van der Waals surface area contributed by atoms with E-state index in [1.165, 1.54) is 11.8 Å². The van der Waals surface area contributed by atoms with Crippen molar-refractivity contribution in [2.75, 3.05) is 0 Å². The standard InChI is InChI=1S/C16H8Cl2N2OS/c17-10-5-7-11(8-6-10)22-16-14(9-19)20-15(21-16)12-3-1-2-4-13(12)18/h1-8H. The van der Waals surface area contributed by atoms with Gasteiger partial charge in [-0.05, 0) is 48.2 Å². The summed E-state index contributed by atoms with van der Waals surface area (Å²) in [4.78, 5) is 5.12. The number of rotatable bonds is 3. The van der Waals surface area contributed by atoms with E-state index in [-0.39, 0.29) is 5.69 Å². The molecule has 0 N–H and O–H groups in total. The maximum absolute atomic E-state index is 9.23. The van der Waals surface area contributed by atoms with E-state index >= 15 is 0 Å². The summed E-state index contributed by atoms with van der Waals surface area (Å²) in [7, 11) is 0. The van der Waals surface area contributed by atoms with Crippen LogP contribution in [0.3, 0.4) is 0 Å². The highest BCUT2D eigenvalue weighted by molar-refractivity contribution is 7.99. The minimum atomic E-state index is 0.231. The minimum absolute atomic E-state index is 0.231. The average molecular weight is 347 g/mol. The van der Waals surface area contributed by atoms with Gasteiger partial charge in [0.15, 0.2) is 5.69 Å². The minimum Gasteiger partial charge on any atom is -0.428 e. The molecule has 0 amide bonds. The topological polar surface area (TPSA) is 49.8 Å². The lowest BCUT2D eigenvalue weighted by Gasteiger charge is -1.99. The molecule has 3 nitrogen and oxygen atoms in total. The number of nitriles is 1. The largest absolute Gasteiger partial charge is 0.428 e. The number of aromatic nitrogens is 1. The van der Waals surface area contributed by atoms with Gasteiger partial charge in [-0.3, -0.25) is 0 Å². The highest BCUT2D eigenvalue weighted by atomic mass is 35.5. The summed E-state index contributed by atoms with van der Waals surface area (Å²) in [6.45, 7) is 0. The first-order valence-corrected chi connectivity index (χ1v) is 7.84. The number of hydrogen-bond donors (Lipinski definition) is 0. The normalized spacial score (nSPS) is 10.4. The Balaban J connectivity index is 1.97. The number of nitrogens with zero attached hydrogens (tertiary/aromatic N) is 2. The summed E-state index contributed by atoms with van der Waals surface area (Å²) in [6, 6.07) is 16.5. The molecule has 3 rings (SSSR count). The van der Waals surface area contributed by atoms with Gasteiger partial charge in [0.05, 0.1) is 10.6 Å². The van der Waals surface area contributed by atoms with E-state index in [0.717, 1.165) is 4.90 Å². The van der Waals surface area contributed by atoms with Gasteiger partial charge in [0, 0.05) is 9.92 Å². The summed E-state index contributed by atoms with van der Waals surface area (Å²) in [6.07, 6.45) is 0. The summed E-state index contributed by atoms with van der Waals surface area (Å²) in [5, 5.41) is 10.8. The van der Waals surface area contributed by atoms with Gasteiger partial charge in [0.25, 0.3) is 0 Å². The number of hydrogen-bond acceptors (Lipinski definition) is 4. The van der Waals surface area contributed by atoms with Gasteiger partial charge in [-0.1, -0.05) is 35.3 Å². The Morgan fingerprint density at radius 2 is 1.77 bits per heavy atom. The zero-order valence-corrected chi connectivity index (χ0v) is 13.4. The van der Waals surface area contributed by atoms with Gasteiger partial charge in [-0.2, -0.15) is 10.2 Å². The first kappa shape index (κ1) is 15.0. The van der Waals surface area contributed by atoms with Crippen molar-refractivity contribution >= 4 is 35.0 Å². The van der Waals surface area contributed by atoms with Gasteiger partial charge in [0.2, 0.25) is 11.0 Å². The smallest absolute Gasteiger partial charge is 0.230 e. The summed E-state index contributed by atoms with van der Waals surface area (Å²) in [5.74, 6) is 0.332. The lowest BCUT2D eigenvalue weighted by molar-refractivity contribution is 0.483. The molecule has 2 aromatic carbocycles. The molecule has 6 heteroatoms. The molecular formula is C16H8Cl2N2OS. The van der Waals surface area contributed by atoms with Crippen molar-refractivity contribution in [2.24, 2.45) is 0 Å². The van der Waals surface area contributed by atoms with Gasteiger partial charge in [0.1, 0.15) is 6.07 Å². The van der Waals surface area contributed by atoms with E-state index in [4.69, 9.17) is 27.6 Å². The van der Waals surface area contributed by atoms with E-state index in [9.17, 15) is 5.26 Å². The number of benzene rings is 2. The van der Waals surface area contributed by atoms with Crippen LogP contribution in [0.1, 0.15) is 5.69 Å². The second kappa shape index (κ2) is 6.45. The predicted octanol–water partition coefficient (Wildman–Crippen LogP) is 5.67. The number of oxazole rings is 1. The van der Waals surface area contributed by atoms with Crippen molar-refractivity contribution in [3.63, 3.8) is 0 Å². The van der Waals surface area contributed by atoms with Crippen molar-refractivity contribution in [1.82, 2.24) is 4.98 Å². The Hall–Kier alpha value is -1.93. The van der Waals surface area contributed by atoms with Gasteiger partial charge in [-0.25, -0.2) is 0 Å². The molecule has 1 heterocycles. The molecule has 0 saturated carbocycles. The molecule has 0 fully saturated rings. The van der Waals surface area contributed by atoms with Crippen LogP contribution in [-0.4, -0.2) is 4.98 Å². The first-order chi connectivity index (χ1) is 10.7. The molecule has 1 aromatic heterocycles. The fourth-order valence-electron chi connectivity index (χ4n) is 1.81. The van der Waals surface area contributed by atoms with Gasteiger partial charge >= 0.3 is 0 Å². The SMILES string of the molecule is N#Cc1nc(-c2ccccc2Cl)oc1Sc1ccc(Cl)cc1. The summed E-state index contributed by atoms with van der Waals surface area (Å²) in [5.41, 5.74) is 0.887. The number of halogens is 2. The molecule has 3 aromatic rings. The molecule has 0 bridgehead atoms. The van der Waals surface area contributed by atoms with Crippen LogP contribution in [0.2, 0.25) is 10.0 Å². The molecule has 0 unspecified atom stereocenters. The Kier molecular flexibility index (Phi) is 4.39. The van der Waals surface area contributed by atoms with Crippen LogP contribution in [0, 0.1) is 11.3 Å². The fraction of sp³-hybridized carbons (Fsp3) is 0. The average Bonchev–Trinajstić information content (AvgIpc) is 2.93. The zero-order chi connectivity index (χ0) is 15.5. The van der Waals surface area contributed by atoms with Crippen molar-refractivity contribution in [2.45, 2.75) is 9.99 Å². The third kappa shape index (κ3) is 3.12. The van der Waals surface area contributed by atoms with Crippen LogP contribution < -0.4 is 0 Å². The van der Waals surface area contributed by atoms with E-state index in [2.05, 4.69) is 4.98 Å². The highest BCUT2D eigenvalue weighted by Gasteiger charge is 2.17. The van der Waals surface area contributed by atoms with E-state index in [1.54, 1.807) is 24.3 Å².